The van der Waals surface area contributed by atoms with Gasteiger partial charge in [0.1, 0.15) is 11.6 Å². The fourth-order valence-corrected chi connectivity index (χ4v) is 2.28. The molecule has 0 aliphatic heterocycles. The summed E-state index contributed by atoms with van der Waals surface area (Å²) in [5.41, 5.74) is -0.249. The predicted molar refractivity (Wildman–Crippen MR) is 85.3 cm³/mol. The van der Waals surface area contributed by atoms with Gasteiger partial charge < -0.3 is 14.8 Å². The lowest BCUT2D eigenvalue weighted by Crippen LogP contribution is -2.45. The molecule has 1 aromatic carbocycles. The summed E-state index contributed by atoms with van der Waals surface area (Å²) < 4.78 is 23.2. The van der Waals surface area contributed by atoms with Gasteiger partial charge in [-0.3, -0.25) is 0 Å². The summed E-state index contributed by atoms with van der Waals surface area (Å²) in [5, 5.41) is 2.07. The van der Waals surface area contributed by atoms with E-state index in [0.717, 1.165) is 0 Å². The third kappa shape index (κ3) is 6.23. The Bertz CT molecular complexity index is 579. The quantitative estimate of drug-likeness (QED) is 0.651. The summed E-state index contributed by atoms with van der Waals surface area (Å²) in [7, 11) is 1.19. The van der Waals surface area contributed by atoms with Gasteiger partial charge in [-0.2, -0.15) is 0 Å². The standard InChI is InChI=1S/C15H18Cl2FNO4/c1-15(2,3)23-14(21)19-11(13(20)22-4)7-8-5-9(16)12(18)10(17)6-8/h5-6,11H,7H2,1-4H3,(H,19,21)/t11-/m0/s1. The molecule has 0 fully saturated rings. The van der Waals surface area contributed by atoms with Crippen molar-refractivity contribution >= 4 is 35.3 Å². The maximum absolute atomic E-state index is 13.4. The molecule has 0 aliphatic rings. The van der Waals surface area contributed by atoms with E-state index in [2.05, 4.69) is 10.1 Å². The topological polar surface area (TPSA) is 64.6 Å². The van der Waals surface area contributed by atoms with Crippen molar-refractivity contribution in [1.82, 2.24) is 5.32 Å². The van der Waals surface area contributed by atoms with E-state index >= 15 is 0 Å². The largest absolute Gasteiger partial charge is 0.467 e. The van der Waals surface area contributed by atoms with Crippen LogP contribution in [0, 0.1) is 5.82 Å². The Morgan fingerprint density at radius 1 is 1.26 bits per heavy atom. The number of esters is 1. The number of methoxy groups -OCH3 is 1. The number of carbonyl (C=O) groups is 2. The molecule has 1 atom stereocenters. The first kappa shape index (κ1) is 19.5. The predicted octanol–water partition coefficient (Wildman–Crippen LogP) is 3.74. The molecule has 0 spiro atoms. The summed E-state index contributed by atoms with van der Waals surface area (Å²) in [6, 6.07) is 1.64. The Hall–Kier alpha value is -1.53. The molecular weight excluding hydrogens is 348 g/mol. The van der Waals surface area contributed by atoms with Crippen molar-refractivity contribution < 1.29 is 23.5 Å². The van der Waals surface area contributed by atoms with Gasteiger partial charge in [0.05, 0.1) is 17.2 Å². The van der Waals surface area contributed by atoms with Gasteiger partial charge in [-0.15, -0.1) is 0 Å². The number of ether oxygens (including phenoxy) is 2. The number of nitrogens with one attached hydrogen (secondary N) is 1. The highest BCUT2D eigenvalue weighted by molar-refractivity contribution is 6.35. The fourth-order valence-electron chi connectivity index (χ4n) is 1.75. The van der Waals surface area contributed by atoms with Crippen LogP contribution in [0.2, 0.25) is 10.0 Å². The average Bonchev–Trinajstić information content (AvgIpc) is 2.41. The smallest absolute Gasteiger partial charge is 0.408 e. The number of hydrogen-bond acceptors (Lipinski definition) is 4. The van der Waals surface area contributed by atoms with Gasteiger partial charge in [-0.25, -0.2) is 14.0 Å². The van der Waals surface area contributed by atoms with E-state index in [9.17, 15) is 14.0 Å². The summed E-state index contributed by atoms with van der Waals surface area (Å²) in [5.74, 6) is -1.42. The SMILES string of the molecule is COC(=O)[C@H](Cc1cc(Cl)c(F)c(Cl)c1)NC(=O)OC(C)(C)C. The van der Waals surface area contributed by atoms with Crippen molar-refractivity contribution in [2.75, 3.05) is 7.11 Å². The Labute approximate surface area is 144 Å². The highest BCUT2D eigenvalue weighted by Crippen LogP contribution is 2.25. The molecule has 1 rings (SSSR count). The van der Waals surface area contributed by atoms with Gasteiger partial charge >= 0.3 is 12.1 Å². The molecule has 0 saturated carbocycles. The number of halogens is 3. The van der Waals surface area contributed by atoms with E-state index in [-0.39, 0.29) is 16.5 Å². The molecular formula is C15H18Cl2FNO4. The number of hydrogen-bond donors (Lipinski definition) is 1. The monoisotopic (exact) mass is 365 g/mol. The maximum Gasteiger partial charge on any atom is 0.408 e. The van der Waals surface area contributed by atoms with E-state index in [1.54, 1.807) is 20.8 Å². The summed E-state index contributed by atoms with van der Waals surface area (Å²) >= 11 is 11.4. The minimum Gasteiger partial charge on any atom is -0.467 e. The van der Waals surface area contributed by atoms with Gasteiger partial charge in [0, 0.05) is 6.42 Å². The van der Waals surface area contributed by atoms with Crippen molar-refractivity contribution in [2.45, 2.75) is 38.8 Å². The summed E-state index contributed by atoms with van der Waals surface area (Å²) in [4.78, 5) is 23.6. The molecule has 1 N–H and O–H groups in total. The Kier molecular flexibility index (Phi) is 6.65. The zero-order valence-electron chi connectivity index (χ0n) is 13.2. The van der Waals surface area contributed by atoms with Gasteiger partial charge in [-0.1, -0.05) is 23.2 Å². The summed E-state index contributed by atoms with van der Waals surface area (Å²) in [6.45, 7) is 5.08. The van der Waals surface area contributed by atoms with Crippen LogP contribution in [-0.4, -0.2) is 30.8 Å². The van der Waals surface area contributed by atoms with Crippen molar-refractivity contribution in [3.05, 3.63) is 33.6 Å². The number of rotatable bonds is 4. The van der Waals surface area contributed by atoms with Gasteiger partial charge in [0.15, 0.2) is 5.82 Å². The fraction of sp³-hybridized carbons (Fsp3) is 0.467. The first-order valence-corrected chi connectivity index (χ1v) is 7.50. The van der Waals surface area contributed by atoms with Crippen LogP contribution in [0.4, 0.5) is 9.18 Å². The lowest BCUT2D eigenvalue weighted by atomic mass is 10.1. The minimum atomic E-state index is -1.02. The number of alkyl carbamates (subject to hydrolysis) is 1. The molecule has 0 radical (unpaired) electrons. The van der Waals surface area contributed by atoms with Crippen molar-refractivity contribution in [2.24, 2.45) is 0 Å². The van der Waals surface area contributed by atoms with Crippen molar-refractivity contribution in [1.29, 1.82) is 0 Å². The molecule has 8 heteroatoms. The van der Waals surface area contributed by atoms with Crippen LogP contribution in [0.15, 0.2) is 12.1 Å². The van der Waals surface area contributed by atoms with Crippen molar-refractivity contribution in [3.63, 3.8) is 0 Å². The van der Waals surface area contributed by atoms with Gasteiger partial charge in [0.2, 0.25) is 0 Å². The van der Waals surface area contributed by atoms with E-state index in [1.807, 2.05) is 0 Å². The minimum absolute atomic E-state index is 0.0195. The molecule has 128 valence electrons. The second-order valence-electron chi connectivity index (χ2n) is 5.80. The molecule has 0 saturated heterocycles. The molecule has 0 unspecified atom stereocenters. The average molecular weight is 366 g/mol. The third-order valence-corrected chi connectivity index (χ3v) is 3.21. The lowest BCUT2D eigenvalue weighted by Gasteiger charge is -2.22. The molecule has 1 aromatic rings. The van der Waals surface area contributed by atoms with Gasteiger partial charge in [-0.05, 0) is 38.5 Å². The van der Waals surface area contributed by atoms with Gasteiger partial charge in [0.25, 0.3) is 0 Å². The van der Waals surface area contributed by atoms with Crippen LogP contribution >= 0.6 is 23.2 Å². The zero-order valence-corrected chi connectivity index (χ0v) is 14.7. The zero-order chi connectivity index (χ0) is 17.8. The van der Waals surface area contributed by atoms with E-state index in [1.165, 1.54) is 19.2 Å². The third-order valence-electron chi connectivity index (χ3n) is 2.66. The van der Waals surface area contributed by atoms with Crippen LogP contribution < -0.4 is 5.32 Å². The van der Waals surface area contributed by atoms with E-state index in [4.69, 9.17) is 27.9 Å². The molecule has 5 nitrogen and oxygen atoms in total. The number of amides is 1. The van der Waals surface area contributed by atoms with Crippen LogP contribution in [0.5, 0.6) is 0 Å². The van der Waals surface area contributed by atoms with Crippen molar-refractivity contribution in [3.8, 4) is 0 Å². The second-order valence-corrected chi connectivity index (χ2v) is 6.61. The van der Waals surface area contributed by atoms with Crippen LogP contribution in [0.25, 0.3) is 0 Å². The Balaban J connectivity index is 2.92. The normalized spacial score (nSPS) is 12.5. The molecule has 0 aromatic heterocycles. The molecule has 23 heavy (non-hydrogen) atoms. The Morgan fingerprint density at radius 2 is 1.78 bits per heavy atom. The van der Waals surface area contributed by atoms with E-state index in [0.29, 0.717) is 5.56 Å². The lowest BCUT2D eigenvalue weighted by molar-refractivity contribution is -0.143. The number of benzene rings is 1. The first-order chi connectivity index (χ1) is 10.5. The van der Waals surface area contributed by atoms with E-state index < -0.39 is 29.5 Å². The first-order valence-electron chi connectivity index (χ1n) is 6.74. The molecule has 0 aliphatic carbocycles. The summed E-state index contributed by atoms with van der Waals surface area (Å²) in [6.07, 6.45) is -0.752. The highest BCUT2D eigenvalue weighted by atomic mass is 35.5. The van der Waals surface area contributed by atoms with Crippen LogP contribution in [0.3, 0.4) is 0 Å². The second kappa shape index (κ2) is 7.84. The highest BCUT2D eigenvalue weighted by Gasteiger charge is 2.25. The van der Waals surface area contributed by atoms with Crippen LogP contribution in [-0.2, 0) is 20.7 Å². The maximum atomic E-state index is 13.4. The Morgan fingerprint density at radius 3 is 2.22 bits per heavy atom. The number of carbonyl (C=O) groups excluding carboxylic acids is 2. The molecule has 0 heterocycles. The van der Waals surface area contributed by atoms with Crippen LogP contribution in [0.1, 0.15) is 26.3 Å². The molecule has 0 bridgehead atoms. The molecule has 1 amide bonds.